The van der Waals surface area contributed by atoms with Crippen molar-refractivity contribution >= 4 is 21.8 Å². The topological polar surface area (TPSA) is 48.0 Å². The molecule has 0 bridgehead atoms. The van der Waals surface area contributed by atoms with Crippen LogP contribution in [0.15, 0.2) is 46.9 Å². The number of likely N-dealkylation sites (tertiary alicyclic amines) is 1. The van der Waals surface area contributed by atoms with Gasteiger partial charge in [0.25, 0.3) is 5.91 Å². The molecule has 27 heavy (non-hydrogen) atoms. The van der Waals surface area contributed by atoms with Crippen molar-refractivity contribution in [3.05, 3.63) is 58.1 Å². The Kier molecular flexibility index (Phi) is 6.74. The smallest absolute Gasteiger partial charge is 0.254 e. The molecule has 0 aliphatic carbocycles. The summed E-state index contributed by atoms with van der Waals surface area (Å²) >= 11 is 3.44. The second-order valence-electron chi connectivity index (χ2n) is 6.55. The lowest BCUT2D eigenvalue weighted by Crippen LogP contribution is -2.43. The zero-order valence-corrected chi connectivity index (χ0v) is 17.2. The van der Waals surface area contributed by atoms with Gasteiger partial charge in [-0.2, -0.15) is 0 Å². The van der Waals surface area contributed by atoms with Crippen LogP contribution in [0.3, 0.4) is 0 Å². The molecule has 144 valence electrons. The molecule has 0 radical (unpaired) electrons. The number of methoxy groups -OCH3 is 2. The summed E-state index contributed by atoms with van der Waals surface area (Å²) in [5.41, 5.74) is 1.69. The van der Waals surface area contributed by atoms with Gasteiger partial charge in [0.05, 0.1) is 26.9 Å². The first kappa shape index (κ1) is 19.7. The molecule has 1 heterocycles. The lowest BCUT2D eigenvalue weighted by Gasteiger charge is -2.33. The first-order valence-corrected chi connectivity index (χ1v) is 9.76. The van der Waals surface area contributed by atoms with E-state index in [4.69, 9.17) is 14.2 Å². The summed E-state index contributed by atoms with van der Waals surface area (Å²) in [4.78, 5) is 14.8. The molecule has 2 aromatic rings. The van der Waals surface area contributed by atoms with Crippen molar-refractivity contribution in [1.29, 1.82) is 0 Å². The van der Waals surface area contributed by atoms with Crippen LogP contribution >= 0.6 is 15.9 Å². The minimum absolute atomic E-state index is 0.0239. The van der Waals surface area contributed by atoms with Crippen LogP contribution in [0.2, 0.25) is 0 Å². The van der Waals surface area contributed by atoms with E-state index in [1.165, 1.54) is 0 Å². The quantitative estimate of drug-likeness (QED) is 0.681. The predicted molar refractivity (Wildman–Crippen MR) is 107 cm³/mol. The lowest BCUT2D eigenvalue weighted by molar-refractivity contribution is -0.00674. The van der Waals surface area contributed by atoms with Gasteiger partial charge in [-0.1, -0.05) is 28.1 Å². The normalized spacial score (nSPS) is 16.9. The highest BCUT2D eigenvalue weighted by Crippen LogP contribution is 2.25. The first-order chi connectivity index (χ1) is 13.1. The Labute approximate surface area is 168 Å². The summed E-state index contributed by atoms with van der Waals surface area (Å²) in [5, 5.41) is 0. The predicted octanol–water partition coefficient (Wildman–Crippen LogP) is 4.29. The Morgan fingerprint density at radius 3 is 2.41 bits per heavy atom. The summed E-state index contributed by atoms with van der Waals surface area (Å²) in [6.45, 7) is 1.87. The number of amides is 1. The fourth-order valence-electron chi connectivity index (χ4n) is 3.17. The molecular weight excluding hydrogens is 410 g/mol. The standard InChI is InChI=1S/C21H24BrNO4/c1-25-19-10-16(11-20(12-19)26-2)21(24)23-9-3-4-18(13-23)27-14-15-5-7-17(22)8-6-15/h5-8,10-12,18H,3-4,9,13-14H2,1-2H3/t18-/m1/s1. The summed E-state index contributed by atoms with van der Waals surface area (Å²) in [6.07, 6.45) is 1.93. The highest BCUT2D eigenvalue weighted by Gasteiger charge is 2.25. The number of nitrogens with zero attached hydrogens (tertiary/aromatic N) is 1. The molecule has 3 rings (SSSR count). The molecule has 1 fully saturated rings. The number of carbonyl (C=O) groups is 1. The lowest BCUT2D eigenvalue weighted by atomic mass is 10.1. The summed E-state index contributed by atoms with van der Waals surface area (Å²) in [7, 11) is 3.16. The first-order valence-electron chi connectivity index (χ1n) is 8.97. The van der Waals surface area contributed by atoms with E-state index in [2.05, 4.69) is 15.9 Å². The van der Waals surface area contributed by atoms with Crippen LogP contribution in [0, 0.1) is 0 Å². The maximum absolute atomic E-state index is 12.9. The Balaban J connectivity index is 1.63. The minimum Gasteiger partial charge on any atom is -0.497 e. The Morgan fingerprint density at radius 1 is 1.11 bits per heavy atom. The van der Waals surface area contributed by atoms with E-state index in [-0.39, 0.29) is 12.0 Å². The van der Waals surface area contributed by atoms with Gasteiger partial charge < -0.3 is 19.1 Å². The molecule has 1 saturated heterocycles. The van der Waals surface area contributed by atoms with E-state index in [1.807, 2.05) is 29.2 Å². The fourth-order valence-corrected chi connectivity index (χ4v) is 3.43. The van der Waals surface area contributed by atoms with Crippen molar-refractivity contribution in [3.8, 4) is 11.5 Å². The second-order valence-corrected chi connectivity index (χ2v) is 7.47. The monoisotopic (exact) mass is 433 g/mol. The molecule has 1 aliphatic rings. The van der Waals surface area contributed by atoms with Gasteiger partial charge in [0, 0.05) is 29.2 Å². The van der Waals surface area contributed by atoms with Crippen LogP contribution in [-0.4, -0.2) is 44.2 Å². The molecule has 0 aromatic heterocycles. The molecule has 0 saturated carbocycles. The molecule has 1 atom stereocenters. The van der Waals surface area contributed by atoms with Gasteiger partial charge >= 0.3 is 0 Å². The Hall–Kier alpha value is -2.05. The van der Waals surface area contributed by atoms with E-state index in [0.29, 0.717) is 30.2 Å². The maximum Gasteiger partial charge on any atom is 0.254 e. The van der Waals surface area contributed by atoms with Crippen molar-refractivity contribution in [1.82, 2.24) is 4.90 Å². The van der Waals surface area contributed by atoms with Crippen LogP contribution in [0.1, 0.15) is 28.8 Å². The van der Waals surface area contributed by atoms with E-state index in [1.54, 1.807) is 32.4 Å². The SMILES string of the molecule is COc1cc(OC)cc(C(=O)N2CCC[C@@H](OCc3ccc(Br)cc3)C2)c1. The number of halogens is 1. The number of carbonyl (C=O) groups excluding carboxylic acids is 1. The maximum atomic E-state index is 12.9. The van der Waals surface area contributed by atoms with Crippen LogP contribution in [0.5, 0.6) is 11.5 Å². The number of rotatable bonds is 6. The zero-order valence-electron chi connectivity index (χ0n) is 15.6. The van der Waals surface area contributed by atoms with Crippen molar-refractivity contribution in [2.75, 3.05) is 27.3 Å². The van der Waals surface area contributed by atoms with Crippen LogP contribution in [-0.2, 0) is 11.3 Å². The molecule has 1 amide bonds. The van der Waals surface area contributed by atoms with Crippen LogP contribution in [0.25, 0.3) is 0 Å². The Morgan fingerprint density at radius 2 is 1.78 bits per heavy atom. The van der Waals surface area contributed by atoms with Gasteiger partial charge in [0.15, 0.2) is 0 Å². The summed E-state index contributed by atoms with van der Waals surface area (Å²) < 4.78 is 17.7. The van der Waals surface area contributed by atoms with Crippen LogP contribution < -0.4 is 9.47 Å². The molecular formula is C21H24BrNO4. The van der Waals surface area contributed by atoms with Gasteiger partial charge in [-0.15, -0.1) is 0 Å². The minimum atomic E-state index is -0.0239. The third kappa shape index (κ3) is 5.23. The third-order valence-corrected chi connectivity index (χ3v) is 5.19. The number of benzene rings is 2. The highest BCUT2D eigenvalue weighted by molar-refractivity contribution is 9.10. The molecule has 1 aliphatic heterocycles. The number of hydrogen-bond acceptors (Lipinski definition) is 4. The summed E-state index contributed by atoms with van der Waals surface area (Å²) in [6, 6.07) is 13.3. The van der Waals surface area contributed by atoms with E-state index in [9.17, 15) is 4.79 Å². The zero-order chi connectivity index (χ0) is 19.2. The largest absolute Gasteiger partial charge is 0.497 e. The van der Waals surface area contributed by atoms with Gasteiger partial charge in [-0.3, -0.25) is 4.79 Å². The van der Waals surface area contributed by atoms with Gasteiger partial charge in [0.1, 0.15) is 11.5 Å². The third-order valence-electron chi connectivity index (χ3n) is 4.66. The molecule has 0 N–H and O–H groups in total. The van der Waals surface area contributed by atoms with E-state index >= 15 is 0 Å². The summed E-state index contributed by atoms with van der Waals surface area (Å²) in [5.74, 6) is 1.19. The highest BCUT2D eigenvalue weighted by atomic mass is 79.9. The average Bonchev–Trinajstić information content (AvgIpc) is 2.72. The number of hydrogen-bond donors (Lipinski definition) is 0. The molecule has 5 nitrogen and oxygen atoms in total. The van der Waals surface area contributed by atoms with E-state index in [0.717, 1.165) is 29.4 Å². The molecule has 0 unspecified atom stereocenters. The van der Waals surface area contributed by atoms with Crippen LogP contribution in [0.4, 0.5) is 0 Å². The average molecular weight is 434 g/mol. The van der Waals surface area contributed by atoms with Gasteiger partial charge in [-0.05, 0) is 42.7 Å². The second kappa shape index (κ2) is 9.24. The van der Waals surface area contributed by atoms with Crippen molar-refractivity contribution in [3.63, 3.8) is 0 Å². The Bertz CT molecular complexity index is 756. The molecule has 2 aromatic carbocycles. The molecule has 0 spiro atoms. The van der Waals surface area contributed by atoms with Crippen molar-refractivity contribution in [2.45, 2.75) is 25.6 Å². The fraction of sp³-hybridized carbons (Fsp3) is 0.381. The van der Waals surface area contributed by atoms with Gasteiger partial charge in [-0.25, -0.2) is 0 Å². The van der Waals surface area contributed by atoms with Crippen molar-refractivity contribution in [2.24, 2.45) is 0 Å². The number of piperidine rings is 1. The van der Waals surface area contributed by atoms with Crippen molar-refractivity contribution < 1.29 is 19.0 Å². The van der Waals surface area contributed by atoms with Gasteiger partial charge in [0.2, 0.25) is 0 Å². The number of ether oxygens (including phenoxy) is 3. The van der Waals surface area contributed by atoms with E-state index < -0.39 is 0 Å². The molecule has 6 heteroatoms.